The van der Waals surface area contributed by atoms with Crippen molar-refractivity contribution >= 4 is 29.1 Å². The van der Waals surface area contributed by atoms with Gasteiger partial charge in [0, 0.05) is 17.7 Å². The van der Waals surface area contributed by atoms with E-state index in [0.29, 0.717) is 29.3 Å². The maximum Gasteiger partial charge on any atom is 0.308 e. The molecule has 29 heavy (non-hydrogen) atoms. The largest absolute Gasteiger partial charge is 0.494 e. The summed E-state index contributed by atoms with van der Waals surface area (Å²) in [4.78, 5) is 37.5. The summed E-state index contributed by atoms with van der Waals surface area (Å²) in [5.41, 5.74) is 1.31. The summed E-state index contributed by atoms with van der Waals surface area (Å²) in [6, 6.07) is 15.3. The topological polar surface area (TPSA) is 96.3 Å². The molecule has 3 rings (SSSR count). The fourth-order valence-corrected chi connectivity index (χ4v) is 3.37. The second kappa shape index (κ2) is 8.68. The highest BCUT2D eigenvalue weighted by atomic mass is 16.5. The van der Waals surface area contributed by atoms with E-state index in [-0.39, 0.29) is 12.2 Å². The number of carbonyl (C=O) groups excluding carboxylic acids is 2. The van der Waals surface area contributed by atoms with Gasteiger partial charge in [-0.05, 0) is 50.2 Å². The summed E-state index contributed by atoms with van der Waals surface area (Å²) < 4.78 is 5.35. The maximum atomic E-state index is 12.9. The number of anilines is 1. The zero-order chi connectivity index (χ0) is 21.0. The molecule has 1 aliphatic rings. The lowest BCUT2D eigenvalue weighted by Gasteiger charge is -2.19. The quantitative estimate of drug-likeness (QED) is 0.692. The highest BCUT2D eigenvalue weighted by Crippen LogP contribution is 2.31. The molecule has 1 aliphatic heterocycles. The van der Waals surface area contributed by atoms with Gasteiger partial charge >= 0.3 is 5.97 Å². The minimum atomic E-state index is -1.20. The molecule has 0 spiro atoms. The molecule has 0 aliphatic carbocycles. The maximum absolute atomic E-state index is 12.9. The smallest absolute Gasteiger partial charge is 0.308 e. The number of carboxylic acids is 1. The van der Waals surface area contributed by atoms with E-state index in [4.69, 9.17) is 4.74 Å². The van der Waals surface area contributed by atoms with Gasteiger partial charge in [-0.15, -0.1) is 0 Å². The average molecular weight is 394 g/mol. The number of aliphatic carboxylic acids is 1. The third-order valence-corrected chi connectivity index (χ3v) is 4.80. The SMILES string of the molecule is CCOc1ccc(C(=O)C[C@H](C(=O)O)[C@H]2C(=O)N(c3ccccc3)N=C2C)cc1. The molecular weight excluding hydrogens is 372 g/mol. The van der Waals surface area contributed by atoms with Crippen molar-refractivity contribution < 1.29 is 24.2 Å². The molecule has 2 aromatic carbocycles. The van der Waals surface area contributed by atoms with Gasteiger partial charge in [-0.2, -0.15) is 5.10 Å². The Kier molecular flexibility index (Phi) is 6.07. The number of hydrazone groups is 1. The Morgan fingerprint density at radius 1 is 1.14 bits per heavy atom. The monoisotopic (exact) mass is 394 g/mol. The van der Waals surface area contributed by atoms with Gasteiger partial charge in [0.2, 0.25) is 0 Å². The lowest BCUT2D eigenvalue weighted by Crippen LogP contribution is -2.37. The zero-order valence-electron chi connectivity index (χ0n) is 16.2. The number of benzene rings is 2. The molecule has 2 atom stereocenters. The summed E-state index contributed by atoms with van der Waals surface area (Å²) >= 11 is 0. The molecule has 0 fully saturated rings. The minimum absolute atomic E-state index is 0.296. The van der Waals surface area contributed by atoms with E-state index >= 15 is 0 Å². The van der Waals surface area contributed by atoms with Crippen molar-refractivity contribution in [1.82, 2.24) is 0 Å². The second-order valence-electron chi connectivity index (χ2n) is 6.73. The van der Waals surface area contributed by atoms with Crippen molar-refractivity contribution in [3.8, 4) is 5.75 Å². The van der Waals surface area contributed by atoms with E-state index in [0.717, 1.165) is 0 Å². The molecule has 0 aromatic heterocycles. The number of nitrogens with zero attached hydrogens (tertiary/aromatic N) is 2. The lowest BCUT2D eigenvalue weighted by atomic mass is 9.83. The van der Waals surface area contributed by atoms with Gasteiger partial charge in [-0.25, -0.2) is 5.01 Å². The van der Waals surface area contributed by atoms with Crippen LogP contribution in [0.3, 0.4) is 0 Å². The molecule has 1 heterocycles. The van der Waals surface area contributed by atoms with Crippen LogP contribution in [0.2, 0.25) is 0 Å². The minimum Gasteiger partial charge on any atom is -0.494 e. The van der Waals surface area contributed by atoms with Crippen LogP contribution in [0.25, 0.3) is 0 Å². The van der Waals surface area contributed by atoms with E-state index in [1.807, 2.05) is 13.0 Å². The number of rotatable bonds is 8. The number of carboxylic acid groups (broad SMARTS) is 1. The molecule has 0 radical (unpaired) electrons. The predicted molar refractivity (Wildman–Crippen MR) is 108 cm³/mol. The Bertz CT molecular complexity index is 937. The molecule has 7 heteroatoms. The summed E-state index contributed by atoms with van der Waals surface area (Å²) in [6.45, 7) is 3.98. The third kappa shape index (κ3) is 4.34. The predicted octanol–water partition coefficient (Wildman–Crippen LogP) is 3.40. The van der Waals surface area contributed by atoms with E-state index in [1.165, 1.54) is 5.01 Å². The van der Waals surface area contributed by atoms with Crippen LogP contribution in [0.1, 0.15) is 30.6 Å². The van der Waals surface area contributed by atoms with Crippen molar-refractivity contribution in [3.05, 3.63) is 60.2 Å². The van der Waals surface area contributed by atoms with E-state index in [1.54, 1.807) is 55.5 Å². The van der Waals surface area contributed by atoms with Gasteiger partial charge in [0.15, 0.2) is 5.78 Å². The van der Waals surface area contributed by atoms with Crippen LogP contribution in [0, 0.1) is 11.8 Å². The first-order valence-corrected chi connectivity index (χ1v) is 9.35. The molecule has 1 amide bonds. The summed E-state index contributed by atoms with van der Waals surface area (Å²) in [6.07, 6.45) is -0.296. The fraction of sp³-hybridized carbons (Fsp3) is 0.273. The number of carbonyl (C=O) groups is 3. The zero-order valence-corrected chi connectivity index (χ0v) is 16.2. The van der Waals surface area contributed by atoms with Gasteiger partial charge < -0.3 is 9.84 Å². The molecule has 2 aromatic rings. The van der Waals surface area contributed by atoms with Crippen molar-refractivity contribution in [2.45, 2.75) is 20.3 Å². The Morgan fingerprint density at radius 2 is 1.79 bits per heavy atom. The van der Waals surface area contributed by atoms with Crippen LogP contribution in [0.4, 0.5) is 5.69 Å². The average Bonchev–Trinajstić information content (AvgIpc) is 3.01. The standard InChI is InChI=1S/C22H22N2O5/c1-3-29-17-11-9-15(10-12-17)19(25)13-18(22(27)28)20-14(2)23-24(21(20)26)16-7-5-4-6-8-16/h4-12,18,20H,3,13H2,1-2H3,(H,27,28)/t18-,20-/m0/s1. The van der Waals surface area contributed by atoms with E-state index < -0.39 is 23.7 Å². The Labute approximate surface area is 168 Å². The fourth-order valence-electron chi connectivity index (χ4n) is 3.37. The van der Waals surface area contributed by atoms with Gasteiger partial charge in [0.1, 0.15) is 5.75 Å². The van der Waals surface area contributed by atoms with Crippen molar-refractivity contribution in [2.24, 2.45) is 16.9 Å². The lowest BCUT2D eigenvalue weighted by molar-refractivity contribution is -0.144. The number of hydrogen-bond acceptors (Lipinski definition) is 5. The summed E-state index contributed by atoms with van der Waals surface area (Å²) in [5, 5.41) is 15.2. The van der Waals surface area contributed by atoms with Crippen molar-refractivity contribution in [1.29, 1.82) is 0 Å². The van der Waals surface area contributed by atoms with Crippen LogP contribution in [0.5, 0.6) is 5.75 Å². The van der Waals surface area contributed by atoms with Crippen molar-refractivity contribution in [2.75, 3.05) is 11.6 Å². The summed E-state index contributed by atoms with van der Waals surface area (Å²) in [5.74, 6) is -3.54. The molecule has 0 saturated carbocycles. The molecule has 0 saturated heterocycles. The molecule has 150 valence electrons. The van der Waals surface area contributed by atoms with Gasteiger partial charge in [-0.1, -0.05) is 18.2 Å². The molecule has 0 unspecified atom stereocenters. The van der Waals surface area contributed by atoms with Crippen LogP contribution >= 0.6 is 0 Å². The molecular formula is C22H22N2O5. The van der Waals surface area contributed by atoms with Crippen LogP contribution in [0.15, 0.2) is 59.7 Å². The summed E-state index contributed by atoms with van der Waals surface area (Å²) in [7, 11) is 0. The van der Waals surface area contributed by atoms with Gasteiger partial charge in [-0.3, -0.25) is 14.4 Å². The van der Waals surface area contributed by atoms with E-state index in [2.05, 4.69) is 5.10 Å². The first kappa shape index (κ1) is 20.3. The molecule has 0 bridgehead atoms. The number of hydrogen-bond donors (Lipinski definition) is 1. The van der Waals surface area contributed by atoms with Gasteiger partial charge in [0.05, 0.1) is 24.1 Å². The Morgan fingerprint density at radius 3 is 2.38 bits per heavy atom. The normalized spacial score (nSPS) is 17.0. The van der Waals surface area contributed by atoms with Crippen LogP contribution < -0.4 is 9.75 Å². The number of ketones is 1. The molecule has 1 N–H and O–H groups in total. The first-order chi connectivity index (χ1) is 13.9. The number of para-hydroxylation sites is 1. The number of amides is 1. The Balaban J connectivity index is 1.79. The number of Topliss-reactive ketones (excluding diaryl/α,β-unsaturated/α-hetero) is 1. The highest BCUT2D eigenvalue weighted by molar-refractivity contribution is 6.17. The molecule has 7 nitrogen and oxygen atoms in total. The van der Waals surface area contributed by atoms with Gasteiger partial charge in [0.25, 0.3) is 5.91 Å². The van der Waals surface area contributed by atoms with Crippen LogP contribution in [-0.4, -0.2) is 35.1 Å². The first-order valence-electron chi connectivity index (χ1n) is 9.35. The number of ether oxygens (including phenoxy) is 1. The second-order valence-corrected chi connectivity index (χ2v) is 6.73. The van der Waals surface area contributed by atoms with E-state index in [9.17, 15) is 19.5 Å². The highest BCUT2D eigenvalue weighted by Gasteiger charge is 2.44. The van der Waals surface area contributed by atoms with Crippen LogP contribution in [-0.2, 0) is 9.59 Å². The van der Waals surface area contributed by atoms with Crippen molar-refractivity contribution in [3.63, 3.8) is 0 Å². The third-order valence-electron chi connectivity index (χ3n) is 4.80. The Hall–Kier alpha value is -3.48.